The zero-order valence-electron chi connectivity index (χ0n) is 8.40. The van der Waals surface area contributed by atoms with Gasteiger partial charge in [-0.05, 0) is 11.6 Å². The molecular weight excluding hydrogens is 190 g/mol. The van der Waals surface area contributed by atoms with Crippen LogP contribution < -0.4 is 5.32 Å². The Hall–Kier alpha value is -1.84. The number of hydrogen-bond acceptors (Lipinski definition) is 2. The Bertz CT molecular complexity index is 467. The van der Waals surface area contributed by atoms with E-state index in [2.05, 4.69) is 16.4 Å². The summed E-state index contributed by atoms with van der Waals surface area (Å²) in [5.74, 6) is 0.779. The maximum atomic E-state index is 11.4. The van der Waals surface area contributed by atoms with E-state index in [1.54, 1.807) is 11.9 Å². The highest BCUT2D eigenvalue weighted by Crippen LogP contribution is 2.28. The fourth-order valence-electron chi connectivity index (χ4n) is 2.07. The molecule has 1 unspecified atom stereocenters. The molecule has 0 saturated carbocycles. The van der Waals surface area contributed by atoms with Crippen LogP contribution >= 0.6 is 0 Å². The Morgan fingerprint density at radius 1 is 1.47 bits per heavy atom. The van der Waals surface area contributed by atoms with Gasteiger partial charge in [-0.1, -0.05) is 18.2 Å². The maximum absolute atomic E-state index is 11.4. The Morgan fingerprint density at radius 3 is 3.13 bits per heavy atom. The summed E-state index contributed by atoms with van der Waals surface area (Å²) in [7, 11) is 1.80. The molecule has 1 saturated heterocycles. The number of urea groups is 1. The zero-order valence-corrected chi connectivity index (χ0v) is 8.40. The molecule has 0 aromatic heterocycles. The number of hydrogen-bond donors (Lipinski definition) is 1. The minimum absolute atomic E-state index is 0.0634. The first-order chi connectivity index (χ1) is 7.25. The topological polar surface area (TPSA) is 44.7 Å². The Balaban J connectivity index is 2.08. The van der Waals surface area contributed by atoms with Gasteiger partial charge in [-0.2, -0.15) is 0 Å². The van der Waals surface area contributed by atoms with Crippen molar-refractivity contribution in [1.82, 2.24) is 10.2 Å². The van der Waals surface area contributed by atoms with Gasteiger partial charge in [-0.3, -0.25) is 5.32 Å². The van der Waals surface area contributed by atoms with Gasteiger partial charge in [0.25, 0.3) is 0 Å². The molecule has 4 heteroatoms. The van der Waals surface area contributed by atoms with Crippen LogP contribution in [0.25, 0.3) is 0 Å². The van der Waals surface area contributed by atoms with Gasteiger partial charge in [0.1, 0.15) is 5.84 Å². The van der Waals surface area contributed by atoms with E-state index in [0.29, 0.717) is 0 Å². The molecule has 2 aliphatic heterocycles. The molecule has 4 nitrogen and oxygen atoms in total. The van der Waals surface area contributed by atoms with Crippen LogP contribution in [0.5, 0.6) is 0 Å². The van der Waals surface area contributed by atoms with E-state index in [9.17, 15) is 4.79 Å². The first-order valence-corrected chi connectivity index (χ1v) is 4.96. The van der Waals surface area contributed by atoms with Gasteiger partial charge < -0.3 is 4.90 Å². The predicted molar refractivity (Wildman–Crippen MR) is 57.3 cm³/mol. The SMILES string of the molecule is CN1C(=O)NC2=Nc3ccccc3CC21. The predicted octanol–water partition coefficient (Wildman–Crippen LogP) is 1.30. The average Bonchev–Trinajstić information content (AvgIpc) is 2.52. The lowest BCUT2D eigenvalue weighted by molar-refractivity contribution is 0.217. The van der Waals surface area contributed by atoms with Gasteiger partial charge in [0.05, 0.1) is 11.7 Å². The number of benzene rings is 1. The third-order valence-corrected chi connectivity index (χ3v) is 2.98. The largest absolute Gasteiger partial charge is 0.323 e. The first kappa shape index (κ1) is 8.47. The van der Waals surface area contributed by atoms with Crippen LogP contribution in [0, 0.1) is 0 Å². The lowest BCUT2D eigenvalue weighted by Crippen LogP contribution is -2.34. The molecule has 1 atom stereocenters. The lowest BCUT2D eigenvalue weighted by Gasteiger charge is -2.22. The van der Waals surface area contributed by atoms with Gasteiger partial charge in [0.15, 0.2) is 0 Å². The summed E-state index contributed by atoms with van der Waals surface area (Å²) in [5.41, 5.74) is 2.17. The van der Waals surface area contributed by atoms with Crippen LogP contribution in [0.2, 0.25) is 0 Å². The highest BCUT2D eigenvalue weighted by molar-refractivity contribution is 6.08. The van der Waals surface area contributed by atoms with Crippen molar-refractivity contribution in [3.63, 3.8) is 0 Å². The number of amidine groups is 1. The van der Waals surface area contributed by atoms with Crippen LogP contribution in [0.1, 0.15) is 5.56 Å². The fraction of sp³-hybridized carbons (Fsp3) is 0.273. The Labute approximate surface area is 87.6 Å². The van der Waals surface area contributed by atoms with Crippen LogP contribution in [0.15, 0.2) is 29.3 Å². The van der Waals surface area contributed by atoms with E-state index in [1.165, 1.54) is 5.56 Å². The third-order valence-electron chi connectivity index (χ3n) is 2.98. The molecule has 15 heavy (non-hydrogen) atoms. The molecular formula is C11H11N3O. The molecule has 0 bridgehead atoms. The summed E-state index contributed by atoms with van der Waals surface area (Å²) in [6, 6.07) is 8.03. The second-order valence-corrected chi connectivity index (χ2v) is 3.89. The molecule has 76 valence electrons. The third kappa shape index (κ3) is 1.14. The number of carbonyl (C=O) groups is 1. The number of para-hydroxylation sites is 1. The van der Waals surface area contributed by atoms with Crippen molar-refractivity contribution >= 4 is 17.6 Å². The fourth-order valence-corrected chi connectivity index (χ4v) is 2.07. The second kappa shape index (κ2) is 2.82. The number of likely N-dealkylation sites (N-methyl/N-ethyl adjacent to an activating group) is 1. The molecule has 1 aromatic carbocycles. The number of nitrogens with zero attached hydrogens (tertiary/aromatic N) is 2. The van der Waals surface area contributed by atoms with Crippen molar-refractivity contribution in [1.29, 1.82) is 0 Å². The zero-order chi connectivity index (χ0) is 10.4. The van der Waals surface area contributed by atoms with Crippen LogP contribution in [0.4, 0.5) is 10.5 Å². The number of carbonyl (C=O) groups excluding carboxylic acids is 1. The second-order valence-electron chi connectivity index (χ2n) is 3.89. The molecule has 3 rings (SSSR count). The lowest BCUT2D eigenvalue weighted by atomic mass is 10.0. The van der Waals surface area contributed by atoms with E-state index in [4.69, 9.17) is 0 Å². The number of amides is 2. The molecule has 2 heterocycles. The molecule has 1 fully saturated rings. The summed E-state index contributed by atoms with van der Waals surface area (Å²) in [5, 5.41) is 2.78. The minimum Gasteiger partial charge on any atom is -0.317 e. The van der Waals surface area contributed by atoms with Crippen molar-refractivity contribution in [2.24, 2.45) is 4.99 Å². The average molecular weight is 201 g/mol. The summed E-state index contributed by atoms with van der Waals surface area (Å²) in [6.07, 6.45) is 0.851. The van der Waals surface area contributed by atoms with Crippen molar-refractivity contribution in [2.45, 2.75) is 12.5 Å². The molecule has 1 aromatic rings. The van der Waals surface area contributed by atoms with Gasteiger partial charge in [-0.25, -0.2) is 9.79 Å². The summed E-state index contributed by atoms with van der Waals surface area (Å²) < 4.78 is 0. The van der Waals surface area contributed by atoms with Crippen LogP contribution in [-0.4, -0.2) is 29.9 Å². The van der Waals surface area contributed by atoms with Gasteiger partial charge in [0, 0.05) is 13.5 Å². The summed E-state index contributed by atoms with van der Waals surface area (Å²) in [4.78, 5) is 17.6. The van der Waals surface area contributed by atoms with E-state index < -0.39 is 0 Å². The smallest absolute Gasteiger partial charge is 0.317 e. The van der Waals surface area contributed by atoms with E-state index in [0.717, 1.165) is 17.9 Å². The molecule has 0 spiro atoms. The van der Waals surface area contributed by atoms with Crippen molar-refractivity contribution < 1.29 is 4.79 Å². The first-order valence-electron chi connectivity index (χ1n) is 4.96. The molecule has 2 aliphatic rings. The Kier molecular flexibility index (Phi) is 1.59. The quantitative estimate of drug-likeness (QED) is 0.675. The highest BCUT2D eigenvalue weighted by atomic mass is 16.2. The molecule has 2 amide bonds. The minimum atomic E-state index is -0.0634. The van der Waals surface area contributed by atoms with E-state index in [1.807, 2.05) is 18.2 Å². The van der Waals surface area contributed by atoms with Crippen molar-refractivity contribution in [3.8, 4) is 0 Å². The maximum Gasteiger partial charge on any atom is 0.323 e. The van der Waals surface area contributed by atoms with Gasteiger partial charge in [-0.15, -0.1) is 0 Å². The van der Waals surface area contributed by atoms with E-state index in [-0.39, 0.29) is 12.1 Å². The van der Waals surface area contributed by atoms with Crippen molar-refractivity contribution in [3.05, 3.63) is 29.8 Å². The normalized spacial score (nSPS) is 23.0. The summed E-state index contributed by atoms with van der Waals surface area (Å²) >= 11 is 0. The molecule has 0 radical (unpaired) electrons. The standard InChI is InChI=1S/C11H11N3O/c1-14-9-6-7-4-2-3-5-8(7)12-10(9)13-11(14)15/h2-5,9H,6H2,1H3,(H,12,13,15). The number of fused-ring (bicyclic) bond motifs is 2. The monoisotopic (exact) mass is 201 g/mol. The highest BCUT2D eigenvalue weighted by Gasteiger charge is 2.36. The molecule has 0 aliphatic carbocycles. The van der Waals surface area contributed by atoms with Gasteiger partial charge >= 0.3 is 6.03 Å². The van der Waals surface area contributed by atoms with Crippen molar-refractivity contribution in [2.75, 3.05) is 7.05 Å². The number of aliphatic imine (C=N–C) groups is 1. The van der Waals surface area contributed by atoms with Crippen LogP contribution in [0.3, 0.4) is 0 Å². The summed E-state index contributed by atoms with van der Waals surface area (Å²) in [6.45, 7) is 0. The van der Waals surface area contributed by atoms with E-state index >= 15 is 0 Å². The number of rotatable bonds is 0. The van der Waals surface area contributed by atoms with Gasteiger partial charge in [0.2, 0.25) is 0 Å². The molecule has 1 N–H and O–H groups in total. The number of nitrogens with one attached hydrogen (secondary N) is 1. The van der Waals surface area contributed by atoms with Crippen LogP contribution in [-0.2, 0) is 6.42 Å². The Morgan fingerprint density at radius 2 is 2.27 bits per heavy atom.